The minimum atomic E-state index is -0.147. The molecule has 6 heteroatoms. The van der Waals surface area contributed by atoms with Gasteiger partial charge < -0.3 is 19.9 Å². The van der Waals surface area contributed by atoms with Gasteiger partial charge in [0.2, 0.25) is 0 Å². The fourth-order valence-corrected chi connectivity index (χ4v) is 2.54. The zero-order valence-electron chi connectivity index (χ0n) is 11.4. The van der Waals surface area contributed by atoms with Crippen LogP contribution in [-0.2, 0) is 6.42 Å². The van der Waals surface area contributed by atoms with Crippen LogP contribution >= 0.6 is 0 Å². The van der Waals surface area contributed by atoms with Crippen LogP contribution in [0.4, 0.5) is 0 Å². The average Bonchev–Trinajstić information content (AvgIpc) is 2.40. The third kappa shape index (κ3) is 2.82. The van der Waals surface area contributed by atoms with Gasteiger partial charge in [-0.3, -0.25) is 10.1 Å². The standard InChI is InChI=1S/C13H19N2O4/c1-14-5-4-9-6-12(18-2)13(19-3)7-10(9)11(14)8-15(16)17/h6-7,11,16H,4-5,8H2,1-3H3/q-1. The Morgan fingerprint density at radius 2 is 2.00 bits per heavy atom. The molecule has 0 bridgehead atoms. The summed E-state index contributed by atoms with van der Waals surface area (Å²) in [5.74, 6) is 1.32. The van der Waals surface area contributed by atoms with Crippen LogP contribution in [-0.4, -0.2) is 49.7 Å². The number of hydrogen-bond donors (Lipinski definition) is 1. The third-order valence-electron chi connectivity index (χ3n) is 3.60. The van der Waals surface area contributed by atoms with E-state index in [0.717, 1.165) is 24.1 Å². The summed E-state index contributed by atoms with van der Waals surface area (Å²) in [5, 5.41) is 19.9. The van der Waals surface area contributed by atoms with Crippen LogP contribution in [0.5, 0.6) is 11.5 Å². The molecule has 0 radical (unpaired) electrons. The minimum Gasteiger partial charge on any atom is -0.762 e. The first kappa shape index (κ1) is 14.1. The van der Waals surface area contributed by atoms with E-state index in [1.807, 2.05) is 19.2 Å². The fourth-order valence-electron chi connectivity index (χ4n) is 2.54. The molecule has 1 heterocycles. The van der Waals surface area contributed by atoms with Crippen LogP contribution in [0.2, 0.25) is 0 Å². The summed E-state index contributed by atoms with van der Waals surface area (Å²) in [5.41, 5.74) is 2.13. The molecule has 1 aromatic rings. The lowest BCUT2D eigenvalue weighted by molar-refractivity contribution is -0.0593. The van der Waals surface area contributed by atoms with Gasteiger partial charge in [0.15, 0.2) is 11.5 Å². The monoisotopic (exact) mass is 267 g/mol. The van der Waals surface area contributed by atoms with Crippen LogP contribution in [0.25, 0.3) is 0 Å². The molecular weight excluding hydrogens is 248 g/mol. The van der Waals surface area contributed by atoms with E-state index in [4.69, 9.17) is 14.7 Å². The molecule has 0 aromatic heterocycles. The normalized spacial score (nSPS) is 19.4. The molecule has 1 aliphatic heterocycles. The van der Waals surface area contributed by atoms with E-state index in [9.17, 15) is 5.21 Å². The van der Waals surface area contributed by atoms with E-state index in [0.29, 0.717) is 11.5 Å². The topological polar surface area (TPSA) is 68.2 Å². The first-order valence-electron chi connectivity index (χ1n) is 6.15. The van der Waals surface area contributed by atoms with E-state index < -0.39 is 0 Å². The lowest BCUT2D eigenvalue weighted by atomic mass is 9.92. The fraction of sp³-hybridized carbons (Fsp3) is 0.538. The maximum Gasteiger partial charge on any atom is 0.161 e. The van der Waals surface area contributed by atoms with Crippen molar-refractivity contribution in [2.45, 2.75) is 12.5 Å². The van der Waals surface area contributed by atoms with Gasteiger partial charge in [0.1, 0.15) is 0 Å². The number of likely N-dealkylation sites (N-methyl/N-ethyl adjacent to an activating group) is 1. The maximum atomic E-state index is 10.9. The number of benzene rings is 1. The summed E-state index contributed by atoms with van der Waals surface area (Å²) >= 11 is 0. The largest absolute Gasteiger partial charge is 0.762 e. The molecule has 106 valence electrons. The summed E-state index contributed by atoms with van der Waals surface area (Å²) in [6.07, 6.45) is 0.882. The second-order valence-electron chi connectivity index (χ2n) is 4.69. The SMILES string of the molecule is COc1cc2c(cc1OC)C(CN([O-])O)N(C)CC2. The van der Waals surface area contributed by atoms with Crippen molar-refractivity contribution < 1.29 is 14.7 Å². The lowest BCUT2D eigenvalue weighted by Gasteiger charge is -2.38. The molecule has 1 atom stereocenters. The predicted molar refractivity (Wildman–Crippen MR) is 70.5 cm³/mol. The van der Waals surface area contributed by atoms with Gasteiger partial charge in [-0.2, -0.15) is 0 Å². The molecule has 2 rings (SSSR count). The average molecular weight is 267 g/mol. The number of hydrogen-bond acceptors (Lipinski definition) is 6. The van der Waals surface area contributed by atoms with Crippen molar-refractivity contribution in [3.8, 4) is 11.5 Å². The smallest absolute Gasteiger partial charge is 0.161 e. The van der Waals surface area contributed by atoms with Crippen molar-refractivity contribution in [1.82, 2.24) is 10.1 Å². The molecule has 0 fully saturated rings. The number of fused-ring (bicyclic) bond motifs is 1. The Labute approximate surface area is 112 Å². The lowest BCUT2D eigenvalue weighted by Crippen LogP contribution is -2.37. The Morgan fingerprint density at radius 1 is 1.37 bits per heavy atom. The van der Waals surface area contributed by atoms with E-state index in [-0.39, 0.29) is 17.8 Å². The minimum absolute atomic E-state index is 0.0129. The van der Waals surface area contributed by atoms with Crippen molar-refractivity contribution in [3.63, 3.8) is 0 Å². The number of ether oxygens (including phenoxy) is 2. The van der Waals surface area contributed by atoms with Crippen LogP contribution < -0.4 is 9.47 Å². The Hall–Kier alpha value is -1.34. The van der Waals surface area contributed by atoms with Crippen LogP contribution in [0, 0.1) is 5.21 Å². The second kappa shape index (κ2) is 5.75. The Morgan fingerprint density at radius 3 is 2.58 bits per heavy atom. The van der Waals surface area contributed by atoms with Gasteiger partial charge in [0.05, 0.1) is 14.2 Å². The predicted octanol–water partition coefficient (Wildman–Crippen LogP) is 1.42. The van der Waals surface area contributed by atoms with Crippen LogP contribution in [0.15, 0.2) is 12.1 Å². The first-order chi connectivity index (χ1) is 9.06. The summed E-state index contributed by atoms with van der Waals surface area (Å²) in [7, 11) is 5.12. The van der Waals surface area contributed by atoms with Gasteiger partial charge in [-0.1, -0.05) is 0 Å². The van der Waals surface area contributed by atoms with Gasteiger partial charge in [-0.25, -0.2) is 0 Å². The molecule has 0 spiro atoms. The highest BCUT2D eigenvalue weighted by Gasteiger charge is 2.26. The summed E-state index contributed by atoms with van der Waals surface area (Å²) in [6, 6.07) is 3.68. The Balaban J connectivity index is 2.42. The van der Waals surface area contributed by atoms with E-state index >= 15 is 0 Å². The van der Waals surface area contributed by atoms with Gasteiger partial charge >= 0.3 is 0 Å². The Bertz CT molecular complexity index is 451. The molecule has 6 nitrogen and oxygen atoms in total. The summed E-state index contributed by atoms with van der Waals surface area (Å²) in [4.78, 5) is 2.05. The quantitative estimate of drug-likeness (QED) is 0.832. The highest BCUT2D eigenvalue weighted by molar-refractivity contribution is 5.49. The number of methoxy groups -OCH3 is 2. The second-order valence-corrected chi connectivity index (χ2v) is 4.69. The highest BCUT2D eigenvalue weighted by atomic mass is 16.8. The summed E-state index contributed by atoms with van der Waals surface area (Å²) in [6.45, 7) is 0.847. The van der Waals surface area contributed by atoms with Crippen molar-refractivity contribution in [3.05, 3.63) is 28.5 Å². The van der Waals surface area contributed by atoms with Crippen LogP contribution in [0.3, 0.4) is 0 Å². The van der Waals surface area contributed by atoms with Crippen molar-refractivity contribution >= 4 is 0 Å². The zero-order chi connectivity index (χ0) is 14.0. The number of hydroxylamine groups is 2. The molecule has 19 heavy (non-hydrogen) atoms. The maximum absolute atomic E-state index is 10.9. The van der Waals surface area contributed by atoms with Crippen molar-refractivity contribution in [2.24, 2.45) is 0 Å². The number of nitrogens with zero attached hydrogens (tertiary/aromatic N) is 2. The van der Waals surface area contributed by atoms with Crippen molar-refractivity contribution in [1.29, 1.82) is 0 Å². The van der Waals surface area contributed by atoms with E-state index in [1.54, 1.807) is 14.2 Å². The molecule has 1 aliphatic rings. The van der Waals surface area contributed by atoms with Gasteiger partial charge in [0, 0.05) is 19.1 Å². The molecule has 0 saturated carbocycles. The number of rotatable bonds is 4. The van der Waals surface area contributed by atoms with Crippen molar-refractivity contribution in [2.75, 3.05) is 34.4 Å². The van der Waals surface area contributed by atoms with Crippen LogP contribution in [0.1, 0.15) is 17.2 Å². The van der Waals surface area contributed by atoms with E-state index in [1.165, 1.54) is 0 Å². The van der Waals surface area contributed by atoms with Gasteiger partial charge in [-0.05, 0) is 36.7 Å². The first-order valence-corrected chi connectivity index (χ1v) is 6.15. The summed E-state index contributed by atoms with van der Waals surface area (Å²) < 4.78 is 10.6. The van der Waals surface area contributed by atoms with Gasteiger partial charge in [0.25, 0.3) is 0 Å². The third-order valence-corrected chi connectivity index (χ3v) is 3.60. The Kier molecular flexibility index (Phi) is 4.26. The molecular formula is C13H19N2O4-. The molecule has 1 unspecified atom stereocenters. The zero-order valence-corrected chi connectivity index (χ0v) is 11.4. The van der Waals surface area contributed by atoms with E-state index in [2.05, 4.69) is 4.90 Å². The van der Waals surface area contributed by atoms with Gasteiger partial charge in [-0.15, -0.1) is 0 Å². The molecule has 0 saturated heterocycles. The molecule has 1 N–H and O–H groups in total. The molecule has 1 aromatic carbocycles. The molecule has 0 aliphatic carbocycles. The highest BCUT2D eigenvalue weighted by Crippen LogP contribution is 2.37. The molecule has 0 amide bonds.